The van der Waals surface area contributed by atoms with E-state index in [1.54, 1.807) is 0 Å². The number of nitrogens with two attached hydrogens (primary N) is 1. The third-order valence-corrected chi connectivity index (χ3v) is 4.12. The van der Waals surface area contributed by atoms with Crippen LogP contribution in [0, 0.1) is 5.41 Å². The summed E-state index contributed by atoms with van der Waals surface area (Å²) in [7, 11) is 0. The molecule has 4 nitrogen and oxygen atoms in total. The zero-order valence-corrected chi connectivity index (χ0v) is 11.4. The van der Waals surface area contributed by atoms with E-state index in [1.165, 1.54) is 11.3 Å². The first-order valence-corrected chi connectivity index (χ1v) is 6.85. The lowest BCUT2D eigenvalue weighted by Crippen LogP contribution is -2.45. The molecule has 100 valence electrons. The maximum Gasteiger partial charge on any atom is 0.0658 e. The molecular weight excluding hydrogens is 226 g/mol. The molecule has 1 aliphatic carbocycles. The van der Waals surface area contributed by atoms with E-state index < -0.39 is 0 Å². The van der Waals surface area contributed by atoms with Gasteiger partial charge >= 0.3 is 0 Å². The predicted octanol–water partition coefficient (Wildman–Crippen LogP) is 1.43. The van der Waals surface area contributed by atoms with E-state index in [0.29, 0.717) is 5.41 Å². The molecule has 1 unspecified atom stereocenters. The molecule has 0 radical (unpaired) electrons. The summed E-state index contributed by atoms with van der Waals surface area (Å²) in [5.74, 6) is 0. The van der Waals surface area contributed by atoms with Crippen molar-refractivity contribution in [2.75, 3.05) is 31.3 Å². The van der Waals surface area contributed by atoms with Crippen molar-refractivity contribution in [1.82, 2.24) is 4.68 Å². The van der Waals surface area contributed by atoms with Crippen LogP contribution in [0.5, 0.6) is 0 Å². The van der Waals surface area contributed by atoms with E-state index in [-0.39, 0.29) is 6.04 Å². The standard InChI is InChI=1S/C14H23N3O/c1-14(2)9-12(15)11-3-4-17(13(11)10-14)16-5-7-18-8-6-16/h3-4,12H,5-10,15H2,1-2H3. The number of aromatic nitrogens is 1. The molecule has 3 rings (SSSR count). The third kappa shape index (κ3) is 2.04. The fraction of sp³-hybridized carbons (Fsp3) is 0.714. The van der Waals surface area contributed by atoms with Crippen molar-refractivity contribution >= 4 is 0 Å². The van der Waals surface area contributed by atoms with Crippen LogP contribution >= 0.6 is 0 Å². The third-order valence-electron chi connectivity index (χ3n) is 4.12. The average molecular weight is 249 g/mol. The minimum absolute atomic E-state index is 0.186. The summed E-state index contributed by atoms with van der Waals surface area (Å²) in [5.41, 5.74) is 9.35. The van der Waals surface area contributed by atoms with Gasteiger partial charge in [0.05, 0.1) is 26.3 Å². The van der Waals surface area contributed by atoms with E-state index in [1.807, 2.05) is 0 Å². The second-order valence-electron chi connectivity index (χ2n) is 6.28. The Morgan fingerprint density at radius 1 is 1.33 bits per heavy atom. The van der Waals surface area contributed by atoms with Crippen LogP contribution in [-0.4, -0.2) is 31.0 Å². The van der Waals surface area contributed by atoms with Crippen molar-refractivity contribution in [3.63, 3.8) is 0 Å². The van der Waals surface area contributed by atoms with Gasteiger partial charge < -0.3 is 15.5 Å². The maximum atomic E-state index is 6.31. The zero-order chi connectivity index (χ0) is 12.8. The minimum atomic E-state index is 0.186. The molecule has 0 spiro atoms. The van der Waals surface area contributed by atoms with Crippen LogP contribution in [0.4, 0.5) is 0 Å². The SMILES string of the molecule is CC1(C)Cc2c(ccn2N2CCOCC2)C(N)C1. The van der Waals surface area contributed by atoms with Gasteiger partial charge in [0.15, 0.2) is 0 Å². The first-order valence-electron chi connectivity index (χ1n) is 6.85. The highest BCUT2D eigenvalue weighted by Crippen LogP contribution is 2.40. The quantitative estimate of drug-likeness (QED) is 0.819. The van der Waals surface area contributed by atoms with Gasteiger partial charge in [-0.15, -0.1) is 0 Å². The average Bonchev–Trinajstić information content (AvgIpc) is 2.72. The van der Waals surface area contributed by atoms with Gasteiger partial charge in [-0.05, 0) is 29.9 Å². The van der Waals surface area contributed by atoms with E-state index in [0.717, 1.165) is 39.1 Å². The monoisotopic (exact) mass is 249 g/mol. The Bertz CT molecular complexity index is 432. The number of morpholine rings is 1. The molecule has 18 heavy (non-hydrogen) atoms. The Hall–Kier alpha value is -1.00. The van der Waals surface area contributed by atoms with Gasteiger partial charge in [-0.2, -0.15) is 0 Å². The summed E-state index contributed by atoms with van der Waals surface area (Å²) in [6, 6.07) is 2.39. The topological polar surface area (TPSA) is 43.4 Å². The maximum absolute atomic E-state index is 6.31. The van der Waals surface area contributed by atoms with E-state index >= 15 is 0 Å². The molecule has 1 saturated heterocycles. The summed E-state index contributed by atoms with van der Waals surface area (Å²) in [6.07, 6.45) is 4.37. The van der Waals surface area contributed by atoms with Crippen LogP contribution in [0.25, 0.3) is 0 Å². The van der Waals surface area contributed by atoms with Gasteiger partial charge in [-0.1, -0.05) is 13.8 Å². The Kier molecular flexibility index (Phi) is 2.87. The van der Waals surface area contributed by atoms with Crippen LogP contribution in [0.15, 0.2) is 12.3 Å². The van der Waals surface area contributed by atoms with Crippen LogP contribution in [-0.2, 0) is 11.2 Å². The molecule has 1 aromatic heterocycles. The first kappa shape index (κ1) is 12.1. The zero-order valence-electron chi connectivity index (χ0n) is 11.4. The van der Waals surface area contributed by atoms with Crippen molar-refractivity contribution in [3.8, 4) is 0 Å². The van der Waals surface area contributed by atoms with Gasteiger partial charge in [-0.3, -0.25) is 4.68 Å². The Labute approximate surface area is 109 Å². The van der Waals surface area contributed by atoms with Gasteiger partial charge in [0.2, 0.25) is 0 Å². The molecule has 0 aromatic carbocycles. The number of ether oxygens (including phenoxy) is 1. The number of rotatable bonds is 1. The lowest BCUT2D eigenvalue weighted by molar-refractivity contribution is 0.110. The molecule has 1 aliphatic heterocycles. The number of nitrogens with zero attached hydrogens (tertiary/aromatic N) is 2. The highest BCUT2D eigenvalue weighted by atomic mass is 16.5. The lowest BCUT2D eigenvalue weighted by atomic mass is 9.75. The van der Waals surface area contributed by atoms with E-state index in [9.17, 15) is 0 Å². The molecule has 0 saturated carbocycles. The van der Waals surface area contributed by atoms with Crippen molar-refractivity contribution in [1.29, 1.82) is 0 Å². The molecule has 2 aliphatic rings. The summed E-state index contributed by atoms with van der Waals surface area (Å²) < 4.78 is 7.74. The van der Waals surface area contributed by atoms with Crippen molar-refractivity contribution in [2.45, 2.75) is 32.7 Å². The van der Waals surface area contributed by atoms with E-state index in [4.69, 9.17) is 10.5 Å². The normalized spacial score (nSPS) is 27.1. The van der Waals surface area contributed by atoms with Crippen molar-refractivity contribution < 1.29 is 4.74 Å². The highest BCUT2D eigenvalue weighted by Gasteiger charge is 2.33. The van der Waals surface area contributed by atoms with Crippen molar-refractivity contribution in [3.05, 3.63) is 23.5 Å². The summed E-state index contributed by atoms with van der Waals surface area (Å²) in [6.45, 7) is 8.21. The van der Waals surface area contributed by atoms with Gasteiger partial charge in [-0.25, -0.2) is 0 Å². The molecule has 2 N–H and O–H groups in total. The van der Waals surface area contributed by atoms with Crippen LogP contribution < -0.4 is 10.7 Å². The largest absolute Gasteiger partial charge is 0.378 e. The Balaban J connectivity index is 1.93. The highest BCUT2D eigenvalue weighted by molar-refractivity contribution is 5.31. The summed E-state index contributed by atoms with van der Waals surface area (Å²) in [4.78, 5) is 0. The number of fused-ring (bicyclic) bond motifs is 1. The van der Waals surface area contributed by atoms with Crippen LogP contribution in [0.1, 0.15) is 37.6 Å². The van der Waals surface area contributed by atoms with Gasteiger partial charge in [0.25, 0.3) is 0 Å². The van der Waals surface area contributed by atoms with E-state index in [2.05, 4.69) is 35.8 Å². The van der Waals surface area contributed by atoms with Gasteiger partial charge in [0.1, 0.15) is 0 Å². The van der Waals surface area contributed by atoms with Crippen molar-refractivity contribution in [2.24, 2.45) is 11.1 Å². The predicted molar refractivity (Wildman–Crippen MR) is 72.2 cm³/mol. The number of hydrogen-bond donors (Lipinski definition) is 1. The first-order chi connectivity index (χ1) is 8.57. The molecule has 4 heteroatoms. The second-order valence-corrected chi connectivity index (χ2v) is 6.28. The fourth-order valence-electron chi connectivity index (χ4n) is 3.25. The number of hydrogen-bond acceptors (Lipinski definition) is 3. The molecule has 1 fully saturated rings. The summed E-state index contributed by atoms with van der Waals surface area (Å²) in [5, 5.41) is 2.37. The Morgan fingerprint density at radius 2 is 2.06 bits per heavy atom. The fourth-order valence-corrected chi connectivity index (χ4v) is 3.25. The summed E-state index contributed by atoms with van der Waals surface area (Å²) >= 11 is 0. The van der Waals surface area contributed by atoms with Crippen LogP contribution in [0.3, 0.4) is 0 Å². The minimum Gasteiger partial charge on any atom is -0.378 e. The molecule has 1 aromatic rings. The van der Waals surface area contributed by atoms with Crippen LogP contribution in [0.2, 0.25) is 0 Å². The van der Waals surface area contributed by atoms with Gasteiger partial charge in [0, 0.05) is 17.9 Å². The molecule has 2 heterocycles. The lowest BCUT2D eigenvalue weighted by Gasteiger charge is -2.37. The second kappa shape index (κ2) is 4.28. The smallest absolute Gasteiger partial charge is 0.0658 e. The molecule has 0 bridgehead atoms. The molecular formula is C14H23N3O. The Morgan fingerprint density at radius 3 is 2.78 bits per heavy atom. The molecule has 1 atom stereocenters. The molecule has 0 amide bonds.